The summed E-state index contributed by atoms with van der Waals surface area (Å²) in [7, 11) is 0. The van der Waals surface area contributed by atoms with Crippen LogP contribution in [0.5, 0.6) is 0 Å². The largest absolute Gasteiger partial charge is 0.339 e. The molecule has 3 heteroatoms. The van der Waals surface area contributed by atoms with Crippen LogP contribution in [0.25, 0.3) is 0 Å². The molecule has 0 saturated carbocycles. The number of likely N-dealkylation sites (N-methyl/N-ethyl adjacent to an activating group) is 1. The van der Waals surface area contributed by atoms with Crippen LogP contribution in [0.3, 0.4) is 0 Å². The van der Waals surface area contributed by atoms with Gasteiger partial charge in [0.1, 0.15) is 0 Å². The summed E-state index contributed by atoms with van der Waals surface area (Å²) in [6, 6.07) is 0. The van der Waals surface area contributed by atoms with Crippen molar-refractivity contribution in [3.63, 3.8) is 0 Å². The van der Waals surface area contributed by atoms with Crippen molar-refractivity contribution < 1.29 is 4.79 Å². The van der Waals surface area contributed by atoms with Gasteiger partial charge in [0, 0.05) is 13.1 Å². The topological polar surface area (TPSA) is 32.3 Å². The first-order valence-corrected chi connectivity index (χ1v) is 4.88. The second kappa shape index (κ2) is 7.80. The predicted molar refractivity (Wildman–Crippen MR) is 55.6 cm³/mol. The van der Waals surface area contributed by atoms with E-state index in [2.05, 4.69) is 18.8 Å². The molecule has 0 saturated heterocycles. The van der Waals surface area contributed by atoms with Crippen molar-refractivity contribution in [3.8, 4) is 0 Å². The van der Waals surface area contributed by atoms with Crippen LogP contribution in [-0.2, 0) is 4.79 Å². The first-order chi connectivity index (χ1) is 6.26. The molecule has 0 aromatic carbocycles. The predicted octanol–water partition coefficient (Wildman–Crippen LogP) is 1.02. The number of hydrogen-bond acceptors (Lipinski definition) is 2. The number of hydrogen-bond donors (Lipinski definition) is 1. The Kier molecular flexibility index (Phi) is 7.30. The number of rotatable bonds is 7. The molecule has 0 rings (SSSR count). The van der Waals surface area contributed by atoms with Crippen LogP contribution in [0.2, 0.25) is 0 Å². The molecule has 0 aliphatic rings. The normalized spacial score (nSPS) is 9.69. The third kappa shape index (κ3) is 5.42. The van der Waals surface area contributed by atoms with Gasteiger partial charge in [0.05, 0.1) is 0 Å². The number of nitrogens with one attached hydrogen (secondary N) is 1. The van der Waals surface area contributed by atoms with Gasteiger partial charge in [-0.25, -0.2) is 0 Å². The molecule has 1 N–H and O–H groups in total. The highest BCUT2D eigenvalue weighted by Crippen LogP contribution is 1.92. The summed E-state index contributed by atoms with van der Waals surface area (Å²) in [6.45, 7) is 11.1. The minimum Gasteiger partial charge on any atom is -0.339 e. The fourth-order valence-corrected chi connectivity index (χ4v) is 1.12. The Bertz CT molecular complexity index is 157. The minimum absolute atomic E-state index is 0.0269. The first kappa shape index (κ1) is 12.2. The zero-order valence-electron chi connectivity index (χ0n) is 8.68. The molecule has 0 unspecified atom stereocenters. The van der Waals surface area contributed by atoms with Crippen LogP contribution >= 0.6 is 0 Å². The quantitative estimate of drug-likeness (QED) is 0.473. The van der Waals surface area contributed by atoms with Crippen LogP contribution in [0, 0.1) is 0 Å². The Morgan fingerprint density at radius 3 is 2.69 bits per heavy atom. The van der Waals surface area contributed by atoms with Crippen molar-refractivity contribution in [2.45, 2.75) is 20.3 Å². The summed E-state index contributed by atoms with van der Waals surface area (Å²) in [5, 5.41) is 3.22. The first-order valence-electron chi connectivity index (χ1n) is 4.88. The maximum atomic E-state index is 11.2. The molecule has 0 heterocycles. The lowest BCUT2D eigenvalue weighted by Crippen LogP contribution is -2.31. The van der Waals surface area contributed by atoms with E-state index in [1.54, 1.807) is 4.90 Å². The van der Waals surface area contributed by atoms with Gasteiger partial charge in [-0.3, -0.25) is 4.79 Å². The van der Waals surface area contributed by atoms with E-state index in [-0.39, 0.29) is 5.91 Å². The van der Waals surface area contributed by atoms with E-state index >= 15 is 0 Å². The van der Waals surface area contributed by atoms with E-state index < -0.39 is 0 Å². The zero-order chi connectivity index (χ0) is 10.1. The summed E-state index contributed by atoms with van der Waals surface area (Å²) >= 11 is 0. The fraction of sp³-hybridized carbons (Fsp3) is 0.700. The lowest BCUT2D eigenvalue weighted by atomic mass is 10.3. The van der Waals surface area contributed by atoms with Crippen molar-refractivity contribution in [1.29, 1.82) is 0 Å². The van der Waals surface area contributed by atoms with Crippen molar-refractivity contribution in [2.75, 3.05) is 26.2 Å². The van der Waals surface area contributed by atoms with E-state index in [9.17, 15) is 4.79 Å². The molecule has 0 aliphatic heterocycles. The highest BCUT2D eigenvalue weighted by atomic mass is 16.2. The van der Waals surface area contributed by atoms with Gasteiger partial charge in [-0.2, -0.15) is 0 Å². The summed E-state index contributed by atoms with van der Waals surface area (Å²) < 4.78 is 0. The van der Waals surface area contributed by atoms with Crippen LogP contribution in [0.15, 0.2) is 12.7 Å². The molecule has 0 bridgehead atoms. The zero-order valence-corrected chi connectivity index (χ0v) is 8.68. The van der Waals surface area contributed by atoms with Crippen molar-refractivity contribution in [3.05, 3.63) is 12.7 Å². The van der Waals surface area contributed by atoms with Gasteiger partial charge in [0.25, 0.3) is 0 Å². The van der Waals surface area contributed by atoms with Crippen molar-refractivity contribution >= 4 is 5.91 Å². The summed E-state index contributed by atoms with van der Waals surface area (Å²) in [5.41, 5.74) is 0. The number of nitrogens with zero attached hydrogens (tertiary/aromatic N) is 1. The average Bonchev–Trinajstić information content (AvgIpc) is 2.17. The SMILES string of the molecule is C=CC(=O)N(CC)CCCNCC. The Morgan fingerprint density at radius 1 is 1.54 bits per heavy atom. The van der Waals surface area contributed by atoms with Crippen LogP contribution in [0.1, 0.15) is 20.3 Å². The van der Waals surface area contributed by atoms with E-state index in [1.165, 1.54) is 6.08 Å². The molecule has 76 valence electrons. The Balaban J connectivity index is 3.59. The summed E-state index contributed by atoms with van der Waals surface area (Å²) in [6.07, 6.45) is 2.37. The minimum atomic E-state index is 0.0269. The highest BCUT2D eigenvalue weighted by molar-refractivity contribution is 5.86. The van der Waals surface area contributed by atoms with Gasteiger partial charge in [-0.1, -0.05) is 13.5 Å². The monoisotopic (exact) mass is 184 g/mol. The van der Waals surface area contributed by atoms with Gasteiger partial charge in [-0.15, -0.1) is 0 Å². The van der Waals surface area contributed by atoms with Crippen LogP contribution < -0.4 is 5.32 Å². The molecular formula is C10H20N2O. The lowest BCUT2D eigenvalue weighted by Gasteiger charge is -2.18. The Morgan fingerprint density at radius 2 is 2.23 bits per heavy atom. The lowest BCUT2D eigenvalue weighted by molar-refractivity contribution is -0.125. The molecule has 13 heavy (non-hydrogen) atoms. The second-order valence-electron chi connectivity index (χ2n) is 2.83. The Labute approximate surface area is 80.8 Å². The Hall–Kier alpha value is -0.830. The van der Waals surface area contributed by atoms with E-state index in [4.69, 9.17) is 0 Å². The van der Waals surface area contributed by atoms with Crippen LogP contribution in [-0.4, -0.2) is 37.0 Å². The second-order valence-corrected chi connectivity index (χ2v) is 2.83. The molecule has 0 aromatic rings. The van der Waals surface area contributed by atoms with E-state index in [1.807, 2.05) is 6.92 Å². The van der Waals surface area contributed by atoms with E-state index in [0.29, 0.717) is 0 Å². The average molecular weight is 184 g/mol. The maximum absolute atomic E-state index is 11.2. The molecule has 3 nitrogen and oxygen atoms in total. The molecule has 0 aliphatic carbocycles. The molecule has 0 aromatic heterocycles. The molecule has 0 fully saturated rings. The summed E-state index contributed by atoms with van der Waals surface area (Å²) in [5.74, 6) is 0.0269. The third-order valence-electron chi connectivity index (χ3n) is 1.90. The van der Waals surface area contributed by atoms with Gasteiger partial charge in [0.15, 0.2) is 0 Å². The third-order valence-corrected chi connectivity index (χ3v) is 1.90. The van der Waals surface area contributed by atoms with Crippen molar-refractivity contribution in [1.82, 2.24) is 10.2 Å². The van der Waals surface area contributed by atoms with Crippen molar-refractivity contribution in [2.24, 2.45) is 0 Å². The molecular weight excluding hydrogens is 164 g/mol. The number of carbonyl (C=O) groups excluding carboxylic acids is 1. The molecule has 0 atom stereocenters. The standard InChI is InChI=1S/C10H20N2O/c1-4-10(13)12(6-3)9-7-8-11-5-2/h4,11H,1,5-9H2,2-3H3. The van der Waals surface area contributed by atoms with E-state index in [0.717, 1.165) is 32.6 Å². The smallest absolute Gasteiger partial charge is 0.245 e. The number of amides is 1. The highest BCUT2D eigenvalue weighted by Gasteiger charge is 2.05. The molecule has 1 amide bonds. The van der Waals surface area contributed by atoms with Gasteiger partial charge in [-0.05, 0) is 32.5 Å². The van der Waals surface area contributed by atoms with Gasteiger partial charge in [0.2, 0.25) is 5.91 Å². The van der Waals surface area contributed by atoms with Gasteiger partial charge < -0.3 is 10.2 Å². The van der Waals surface area contributed by atoms with Gasteiger partial charge >= 0.3 is 0 Å². The number of carbonyl (C=O) groups is 1. The summed E-state index contributed by atoms with van der Waals surface area (Å²) in [4.78, 5) is 13.0. The molecule has 0 radical (unpaired) electrons. The fourth-order valence-electron chi connectivity index (χ4n) is 1.12. The van der Waals surface area contributed by atoms with Crippen LogP contribution in [0.4, 0.5) is 0 Å². The maximum Gasteiger partial charge on any atom is 0.245 e. The molecule has 0 spiro atoms.